The number of benzene rings is 1. The highest BCUT2D eigenvalue weighted by Gasteiger charge is 2.16. The lowest BCUT2D eigenvalue weighted by Crippen LogP contribution is -2.14. The summed E-state index contributed by atoms with van der Waals surface area (Å²) in [5, 5.41) is 0.621. The summed E-state index contributed by atoms with van der Waals surface area (Å²) in [4.78, 5) is 6.25. The molecule has 17 heavy (non-hydrogen) atoms. The normalized spacial score (nSPS) is 11.4. The molecule has 0 radical (unpaired) electrons. The fourth-order valence-corrected chi connectivity index (χ4v) is 2.82. The van der Waals surface area contributed by atoms with E-state index in [0.717, 1.165) is 5.56 Å². The van der Waals surface area contributed by atoms with Crippen LogP contribution in [0.1, 0.15) is 5.56 Å². The topological polar surface area (TPSA) is 74.8 Å². The summed E-state index contributed by atoms with van der Waals surface area (Å²) < 4.78 is 26.4. The molecular formula is C10H10BrN3O2S. The number of halogens is 1. The Balaban J connectivity index is 2.33. The van der Waals surface area contributed by atoms with Gasteiger partial charge in [0.15, 0.2) is 5.03 Å². The Bertz CT molecular complexity index is 596. The molecule has 7 heteroatoms. The van der Waals surface area contributed by atoms with Crippen molar-refractivity contribution < 1.29 is 8.42 Å². The van der Waals surface area contributed by atoms with Gasteiger partial charge in [0.05, 0.1) is 18.2 Å². The molecule has 2 aromatic rings. The van der Waals surface area contributed by atoms with Crippen molar-refractivity contribution in [3.63, 3.8) is 0 Å². The number of aromatic amines is 1. The van der Waals surface area contributed by atoms with Crippen molar-refractivity contribution in [2.75, 3.05) is 4.72 Å². The first-order valence-electron chi connectivity index (χ1n) is 4.78. The van der Waals surface area contributed by atoms with Gasteiger partial charge in [0.1, 0.15) is 0 Å². The van der Waals surface area contributed by atoms with Crippen LogP contribution in [-0.2, 0) is 15.4 Å². The van der Waals surface area contributed by atoms with Crippen molar-refractivity contribution in [2.24, 2.45) is 0 Å². The van der Waals surface area contributed by atoms with E-state index < -0.39 is 10.0 Å². The molecule has 0 aliphatic heterocycles. The first-order valence-corrected chi connectivity index (χ1v) is 7.39. The largest absolute Gasteiger partial charge is 0.334 e. The highest BCUT2D eigenvalue weighted by atomic mass is 79.9. The lowest BCUT2D eigenvalue weighted by atomic mass is 10.2. The fraction of sp³-hybridized carbons (Fsp3) is 0.100. The SMILES string of the molecule is O=S(=O)(Nc1ccccc1CBr)c1cnc[nH]1. The molecule has 90 valence electrons. The Hall–Kier alpha value is -1.34. The summed E-state index contributed by atoms with van der Waals surface area (Å²) in [5.74, 6) is 0. The number of nitrogens with one attached hydrogen (secondary N) is 2. The van der Waals surface area contributed by atoms with E-state index in [1.165, 1.54) is 12.5 Å². The highest BCUT2D eigenvalue weighted by molar-refractivity contribution is 9.08. The van der Waals surface area contributed by atoms with Crippen molar-refractivity contribution in [1.29, 1.82) is 0 Å². The predicted octanol–water partition coefficient (Wildman–Crippen LogP) is 2.11. The third-order valence-electron chi connectivity index (χ3n) is 2.17. The number of nitrogens with zero attached hydrogens (tertiary/aromatic N) is 1. The van der Waals surface area contributed by atoms with Gasteiger partial charge in [-0.05, 0) is 11.6 Å². The zero-order valence-corrected chi connectivity index (χ0v) is 11.1. The lowest BCUT2D eigenvalue weighted by Gasteiger charge is -2.09. The minimum atomic E-state index is -3.59. The minimum Gasteiger partial charge on any atom is -0.334 e. The number of para-hydroxylation sites is 1. The minimum absolute atomic E-state index is 0.0434. The molecule has 1 heterocycles. The molecule has 1 aromatic carbocycles. The summed E-state index contributed by atoms with van der Waals surface area (Å²) in [6.45, 7) is 0. The molecule has 0 fully saturated rings. The number of hydrogen-bond donors (Lipinski definition) is 2. The Morgan fingerprint density at radius 3 is 2.76 bits per heavy atom. The van der Waals surface area contributed by atoms with Crippen LogP contribution >= 0.6 is 15.9 Å². The molecular weight excluding hydrogens is 306 g/mol. The smallest absolute Gasteiger partial charge is 0.278 e. The second-order valence-corrected chi connectivity index (χ2v) is 5.52. The van der Waals surface area contributed by atoms with E-state index in [0.29, 0.717) is 11.0 Å². The van der Waals surface area contributed by atoms with Gasteiger partial charge in [0.2, 0.25) is 0 Å². The van der Waals surface area contributed by atoms with Crippen LogP contribution in [0.2, 0.25) is 0 Å². The number of hydrogen-bond acceptors (Lipinski definition) is 3. The molecule has 0 saturated carbocycles. The quantitative estimate of drug-likeness (QED) is 0.848. The summed E-state index contributed by atoms with van der Waals surface area (Å²) in [7, 11) is -3.59. The number of H-pyrrole nitrogens is 1. The van der Waals surface area contributed by atoms with Crippen molar-refractivity contribution in [3.05, 3.63) is 42.4 Å². The zero-order valence-electron chi connectivity index (χ0n) is 8.72. The second kappa shape index (κ2) is 4.89. The average molecular weight is 316 g/mol. The van der Waals surface area contributed by atoms with E-state index in [-0.39, 0.29) is 5.03 Å². The van der Waals surface area contributed by atoms with Gasteiger partial charge < -0.3 is 4.98 Å². The third kappa shape index (κ3) is 2.67. The van der Waals surface area contributed by atoms with Crippen LogP contribution in [-0.4, -0.2) is 18.4 Å². The zero-order chi connectivity index (χ0) is 12.3. The van der Waals surface area contributed by atoms with Gasteiger partial charge in [0, 0.05) is 5.33 Å². The number of aromatic nitrogens is 2. The van der Waals surface area contributed by atoms with Crippen molar-refractivity contribution >= 4 is 31.6 Å². The van der Waals surface area contributed by atoms with Crippen molar-refractivity contribution in [2.45, 2.75) is 10.4 Å². The lowest BCUT2D eigenvalue weighted by molar-refractivity contribution is 0.598. The van der Waals surface area contributed by atoms with Crippen LogP contribution < -0.4 is 4.72 Å². The number of rotatable bonds is 4. The molecule has 2 N–H and O–H groups in total. The first-order chi connectivity index (χ1) is 8.13. The summed E-state index contributed by atoms with van der Waals surface area (Å²) in [6.07, 6.45) is 2.59. The van der Waals surface area contributed by atoms with Crippen molar-refractivity contribution in [3.8, 4) is 0 Å². The molecule has 5 nitrogen and oxygen atoms in total. The maximum absolute atomic E-state index is 11.9. The van der Waals surface area contributed by atoms with Crippen LogP contribution in [0.4, 0.5) is 5.69 Å². The van der Waals surface area contributed by atoms with Gasteiger partial charge in [-0.15, -0.1) is 0 Å². The summed E-state index contributed by atoms with van der Waals surface area (Å²) in [5.41, 5.74) is 1.43. The van der Waals surface area contributed by atoms with Crippen LogP contribution in [0.25, 0.3) is 0 Å². The van der Waals surface area contributed by atoms with E-state index in [2.05, 4.69) is 30.6 Å². The van der Waals surface area contributed by atoms with Crippen LogP contribution in [0, 0.1) is 0 Å². The summed E-state index contributed by atoms with van der Waals surface area (Å²) in [6, 6.07) is 7.19. The molecule has 1 aromatic heterocycles. The van der Waals surface area contributed by atoms with E-state index in [9.17, 15) is 8.42 Å². The van der Waals surface area contributed by atoms with Crippen LogP contribution in [0.15, 0.2) is 41.8 Å². The number of alkyl halides is 1. The molecule has 0 atom stereocenters. The summed E-state index contributed by atoms with van der Waals surface area (Å²) >= 11 is 3.31. The van der Waals surface area contributed by atoms with E-state index in [4.69, 9.17) is 0 Å². The molecule has 0 aliphatic carbocycles. The van der Waals surface area contributed by atoms with Crippen LogP contribution in [0.5, 0.6) is 0 Å². The Morgan fingerprint density at radius 2 is 2.12 bits per heavy atom. The fourth-order valence-electron chi connectivity index (χ4n) is 1.33. The Labute approximate surface area is 107 Å². The number of imidazole rings is 1. The maximum Gasteiger partial charge on any atom is 0.278 e. The third-order valence-corrected chi connectivity index (χ3v) is 4.06. The molecule has 0 amide bonds. The van der Waals surface area contributed by atoms with E-state index >= 15 is 0 Å². The molecule has 0 spiro atoms. The van der Waals surface area contributed by atoms with E-state index in [1.54, 1.807) is 12.1 Å². The second-order valence-electron chi connectivity index (χ2n) is 3.31. The monoisotopic (exact) mass is 315 g/mol. The standard InChI is InChI=1S/C10H10BrN3O2S/c11-5-8-3-1-2-4-9(8)14-17(15,16)10-6-12-7-13-10/h1-4,6-7,14H,5H2,(H,12,13). The van der Waals surface area contributed by atoms with Gasteiger partial charge in [-0.1, -0.05) is 34.1 Å². The van der Waals surface area contributed by atoms with E-state index in [1.807, 2.05) is 12.1 Å². The van der Waals surface area contributed by atoms with Crippen molar-refractivity contribution in [1.82, 2.24) is 9.97 Å². The molecule has 0 bridgehead atoms. The average Bonchev–Trinajstić information content (AvgIpc) is 2.83. The Kier molecular flexibility index (Phi) is 3.49. The highest BCUT2D eigenvalue weighted by Crippen LogP contribution is 2.20. The first kappa shape index (κ1) is 12.1. The molecule has 0 aliphatic rings. The molecule has 2 rings (SSSR count). The predicted molar refractivity (Wildman–Crippen MR) is 68.5 cm³/mol. The van der Waals surface area contributed by atoms with Gasteiger partial charge in [0.25, 0.3) is 10.0 Å². The van der Waals surface area contributed by atoms with Gasteiger partial charge in [-0.3, -0.25) is 4.72 Å². The molecule has 0 unspecified atom stereocenters. The van der Waals surface area contributed by atoms with Gasteiger partial charge >= 0.3 is 0 Å². The Morgan fingerprint density at radius 1 is 1.35 bits per heavy atom. The van der Waals surface area contributed by atoms with Gasteiger partial charge in [-0.2, -0.15) is 8.42 Å². The van der Waals surface area contributed by atoms with Crippen LogP contribution in [0.3, 0.4) is 0 Å². The van der Waals surface area contributed by atoms with Gasteiger partial charge in [-0.25, -0.2) is 4.98 Å². The molecule has 0 saturated heterocycles. The maximum atomic E-state index is 11.9. The number of anilines is 1. The number of sulfonamides is 1.